The molecule has 0 radical (unpaired) electrons. The summed E-state index contributed by atoms with van der Waals surface area (Å²) in [7, 11) is 3.18. The van der Waals surface area contributed by atoms with Gasteiger partial charge in [-0.3, -0.25) is 4.79 Å². The lowest BCUT2D eigenvalue weighted by Crippen LogP contribution is -2.33. The van der Waals surface area contributed by atoms with Gasteiger partial charge in [-0.2, -0.15) is 0 Å². The summed E-state index contributed by atoms with van der Waals surface area (Å²) in [5, 5.41) is 2.98. The molecular formula is C15H23NO3. The molecular weight excluding hydrogens is 242 g/mol. The molecule has 1 rings (SSSR count). The third kappa shape index (κ3) is 4.81. The summed E-state index contributed by atoms with van der Waals surface area (Å²) in [6, 6.07) is 5.75. The Balaban J connectivity index is 2.64. The third-order valence-electron chi connectivity index (χ3n) is 2.94. The molecule has 4 nitrogen and oxygen atoms in total. The van der Waals surface area contributed by atoms with Crippen LogP contribution in [-0.4, -0.2) is 26.2 Å². The Hall–Kier alpha value is -1.71. The van der Waals surface area contributed by atoms with Gasteiger partial charge in [-0.05, 0) is 31.0 Å². The molecule has 1 aromatic carbocycles. The zero-order valence-corrected chi connectivity index (χ0v) is 12.2. The number of carbonyl (C=O) groups is 1. The molecule has 0 fully saturated rings. The van der Waals surface area contributed by atoms with Crippen LogP contribution in [0.4, 0.5) is 0 Å². The van der Waals surface area contributed by atoms with Crippen molar-refractivity contribution in [2.75, 3.05) is 14.2 Å². The first-order valence-corrected chi connectivity index (χ1v) is 6.61. The summed E-state index contributed by atoms with van der Waals surface area (Å²) in [4.78, 5) is 11.9. The van der Waals surface area contributed by atoms with E-state index in [2.05, 4.69) is 12.2 Å². The largest absolute Gasteiger partial charge is 0.493 e. The van der Waals surface area contributed by atoms with E-state index in [4.69, 9.17) is 9.47 Å². The highest BCUT2D eigenvalue weighted by Gasteiger charge is 2.10. The normalized spacial score (nSPS) is 11.8. The van der Waals surface area contributed by atoms with E-state index in [0.717, 1.165) is 18.4 Å². The number of rotatable bonds is 7. The Kier molecular flexibility index (Phi) is 6.19. The van der Waals surface area contributed by atoms with Crippen LogP contribution in [0.3, 0.4) is 0 Å². The Morgan fingerprint density at radius 1 is 1.26 bits per heavy atom. The molecule has 0 aromatic heterocycles. The quantitative estimate of drug-likeness (QED) is 0.824. The predicted octanol–water partition coefficient (Wildman–Crippen LogP) is 2.55. The van der Waals surface area contributed by atoms with Crippen LogP contribution < -0.4 is 14.8 Å². The van der Waals surface area contributed by atoms with Gasteiger partial charge < -0.3 is 14.8 Å². The monoisotopic (exact) mass is 265 g/mol. The minimum atomic E-state index is 0.0353. The van der Waals surface area contributed by atoms with Crippen LogP contribution >= 0.6 is 0 Å². The van der Waals surface area contributed by atoms with E-state index >= 15 is 0 Å². The number of carbonyl (C=O) groups excluding carboxylic acids is 1. The van der Waals surface area contributed by atoms with Gasteiger partial charge in [0.1, 0.15) is 0 Å². The molecule has 0 spiro atoms. The Morgan fingerprint density at radius 3 is 2.53 bits per heavy atom. The molecule has 19 heavy (non-hydrogen) atoms. The molecule has 4 heteroatoms. The van der Waals surface area contributed by atoms with Crippen LogP contribution in [0.1, 0.15) is 32.3 Å². The van der Waals surface area contributed by atoms with E-state index in [1.807, 2.05) is 25.1 Å². The summed E-state index contributed by atoms with van der Waals surface area (Å²) in [6.07, 6.45) is 2.42. The van der Waals surface area contributed by atoms with Crippen LogP contribution in [0.2, 0.25) is 0 Å². The number of hydrogen-bond acceptors (Lipinski definition) is 3. The number of hydrogen-bond donors (Lipinski definition) is 1. The molecule has 0 bridgehead atoms. The number of amides is 1. The highest BCUT2D eigenvalue weighted by Crippen LogP contribution is 2.27. The average molecular weight is 265 g/mol. The van der Waals surface area contributed by atoms with Gasteiger partial charge in [-0.1, -0.05) is 19.4 Å². The fourth-order valence-corrected chi connectivity index (χ4v) is 2.01. The first-order chi connectivity index (χ1) is 9.10. The number of methoxy groups -OCH3 is 2. The van der Waals surface area contributed by atoms with Crippen molar-refractivity contribution in [1.29, 1.82) is 0 Å². The maximum absolute atomic E-state index is 11.9. The van der Waals surface area contributed by atoms with Crippen LogP contribution in [0, 0.1) is 0 Å². The van der Waals surface area contributed by atoms with Crippen molar-refractivity contribution in [1.82, 2.24) is 5.32 Å². The topological polar surface area (TPSA) is 47.6 Å². The van der Waals surface area contributed by atoms with Crippen molar-refractivity contribution in [3.63, 3.8) is 0 Å². The molecule has 0 aliphatic carbocycles. The summed E-state index contributed by atoms with van der Waals surface area (Å²) < 4.78 is 10.4. The van der Waals surface area contributed by atoms with E-state index < -0.39 is 0 Å². The lowest BCUT2D eigenvalue weighted by Gasteiger charge is -2.13. The summed E-state index contributed by atoms with van der Waals surface area (Å²) in [6.45, 7) is 4.13. The maximum Gasteiger partial charge on any atom is 0.224 e. The van der Waals surface area contributed by atoms with Gasteiger partial charge in [0.25, 0.3) is 0 Å². The molecule has 1 amide bonds. The van der Waals surface area contributed by atoms with Crippen molar-refractivity contribution in [3.8, 4) is 11.5 Å². The predicted molar refractivity (Wildman–Crippen MR) is 75.8 cm³/mol. The molecule has 1 N–H and O–H groups in total. The molecule has 0 heterocycles. The number of benzene rings is 1. The Labute approximate surface area is 115 Å². The van der Waals surface area contributed by atoms with Crippen LogP contribution in [-0.2, 0) is 11.2 Å². The smallest absolute Gasteiger partial charge is 0.224 e. The van der Waals surface area contributed by atoms with Crippen LogP contribution in [0.5, 0.6) is 11.5 Å². The fraction of sp³-hybridized carbons (Fsp3) is 0.533. The molecule has 1 atom stereocenters. The van der Waals surface area contributed by atoms with E-state index in [9.17, 15) is 4.79 Å². The Bertz CT molecular complexity index is 418. The summed E-state index contributed by atoms with van der Waals surface area (Å²) >= 11 is 0. The van der Waals surface area contributed by atoms with Gasteiger partial charge >= 0.3 is 0 Å². The van der Waals surface area contributed by atoms with Crippen molar-refractivity contribution in [2.45, 2.75) is 39.2 Å². The molecule has 0 saturated carbocycles. The molecule has 0 saturated heterocycles. The van der Waals surface area contributed by atoms with Gasteiger partial charge in [0.05, 0.1) is 20.6 Å². The first-order valence-electron chi connectivity index (χ1n) is 6.61. The van der Waals surface area contributed by atoms with Gasteiger partial charge in [0, 0.05) is 6.04 Å². The van der Waals surface area contributed by atoms with E-state index in [1.54, 1.807) is 14.2 Å². The number of nitrogens with one attached hydrogen (secondary N) is 1. The lowest BCUT2D eigenvalue weighted by atomic mass is 10.1. The zero-order valence-electron chi connectivity index (χ0n) is 12.2. The number of ether oxygens (including phenoxy) is 2. The summed E-state index contributed by atoms with van der Waals surface area (Å²) in [5.41, 5.74) is 0.916. The second kappa shape index (κ2) is 7.67. The third-order valence-corrected chi connectivity index (χ3v) is 2.94. The molecule has 0 aliphatic heterocycles. The first kappa shape index (κ1) is 15.3. The molecule has 0 unspecified atom stereocenters. The van der Waals surface area contributed by atoms with Crippen LogP contribution in [0.25, 0.3) is 0 Å². The van der Waals surface area contributed by atoms with Crippen molar-refractivity contribution >= 4 is 5.91 Å². The summed E-state index contributed by atoms with van der Waals surface area (Å²) in [5.74, 6) is 1.36. The maximum atomic E-state index is 11.9. The highest BCUT2D eigenvalue weighted by molar-refractivity contribution is 5.79. The molecule has 0 aliphatic rings. The second-order valence-electron chi connectivity index (χ2n) is 4.62. The zero-order chi connectivity index (χ0) is 14.3. The standard InChI is InChI=1S/C15H23NO3/c1-5-6-11(2)16-15(17)10-12-7-8-13(18-3)14(9-12)19-4/h7-9,11H,5-6,10H2,1-4H3,(H,16,17)/t11-/m0/s1. The van der Waals surface area contributed by atoms with E-state index in [-0.39, 0.29) is 11.9 Å². The second-order valence-corrected chi connectivity index (χ2v) is 4.62. The average Bonchev–Trinajstić information content (AvgIpc) is 2.38. The van der Waals surface area contributed by atoms with Gasteiger partial charge in [-0.25, -0.2) is 0 Å². The van der Waals surface area contributed by atoms with Crippen molar-refractivity contribution in [3.05, 3.63) is 23.8 Å². The Morgan fingerprint density at radius 2 is 1.95 bits per heavy atom. The fourth-order valence-electron chi connectivity index (χ4n) is 2.01. The lowest BCUT2D eigenvalue weighted by molar-refractivity contribution is -0.121. The minimum Gasteiger partial charge on any atom is -0.493 e. The molecule has 1 aromatic rings. The highest BCUT2D eigenvalue weighted by atomic mass is 16.5. The van der Waals surface area contributed by atoms with Crippen LogP contribution in [0.15, 0.2) is 18.2 Å². The van der Waals surface area contributed by atoms with Crippen molar-refractivity contribution in [2.24, 2.45) is 0 Å². The van der Waals surface area contributed by atoms with Crippen molar-refractivity contribution < 1.29 is 14.3 Å². The van der Waals surface area contributed by atoms with E-state index in [0.29, 0.717) is 17.9 Å². The molecule has 106 valence electrons. The van der Waals surface area contributed by atoms with Gasteiger partial charge in [0.15, 0.2) is 11.5 Å². The minimum absolute atomic E-state index is 0.0353. The van der Waals surface area contributed by atoms with Gasteiger partial charge in [0.2, 0.25) is 5.91 Å². The SMILES string of the molecule is CCC[C@H](C)NC(=O)Cc1ccc(OC)c(OC)c1. The van der Waals surface area contributed by atoms with E-state index in [1.165, 1.54) is 0 Å². The van der Waals surface area contributed by atoms with Gasteiger partial charge in [-0.15, -0.1) is 0 Å².